The normalized spacial score (nSPS) is 7.21. The largest absolute Gasteiger partial charge is 0.507 e. The lowest BCUT2D eigenvalue weighted by molar-refractivity contribution is -0.138. The van der Waals surface area contributed by atoms with Gasteiger partial charge in [-0.3, -0.25) is 9.59 Å². The third kappa shape index (κ3) is 147. The van der Waals surface area contributed by atoms with Crippen LogP contribution in [0.25, 0.3) is 10.8 Å². The Balaban J connectivity index is -0.0000000517. The van der Waals surface area contributed by atoms with Crippen LogP contribution in [0.2, 0.25) is 0 Å². The van der Waals surface area contributed by atoms with E-state index in [-0.39, 0.29) is 17.7 Å². The van der Waals surface area contributed by atoms with E-state index < -0.39 is 12.2 Å². The highest BCUT2D eigenvalue weighted by Crippen LogP contribution is 2.11. The first-order chi connectivity index (χ1) is 29.2. The Morgan fingerprint density at radius 3 is 0.806 bits per heavy atom. The van der Waals surface area contributed by atoms with Crippen LogP contribution < -0.4 is 16.0 Å². The molecule has 2 amide bonds. The van der Waals surface area contributed by atoms with Crippen molar-refractivity contribution in [3.8, 4) is 0 Å². The van der Waals surface area contributed by atoms with Crippen LogP contribution >= 0.6 is 0 Å². The molecule has 0 aromatic heterocycles. The van der Waals surface area contributed by atoms with E-state index in [9.17, 15) is 24.0 Å². The predicted octanol–water partition coefficient (Wildman–Crippen LogP) is 12.0. The van der Waals surface area contributed by atoms with Crippen molar-refractivity contribution in [1.82, 2.24) is 16.0 Å². The molecule has 0 heterocycles. The molecule has 0 radical (unpaired) electrons. The summed E-state index contributed by atoms with van der Waals surface area (Å²) in [6, 6.07) is 27.0. The quantitative estimate of drug-likeness (QED) is 0.145. The van der Waals surface area contributed by atoms with Gasteiger partial charge in [-0.25, -0.2) is 9.59 Å². The summed E-state index contributed by atoms with van der Waals surface area (Å²) in [6.07, 6.45) is 0.185. The number of aryl methyl sites for hydroxylation is 1. The molecule has 13 heteroatoms. The molecule has 3 N–H and O–H groups in total. The summed E-state index contributed by atoms with van der Waals surface area (Å²) in [6.45, 7) is 30.7. The minimum absolute atomic E-state index is 0.00463. The molecule has 368 valence electrons. The topological polar surface area (TPSA) is 168 Å². The number of carbonyl (C=O) groups excluding carboxylic acids is 5. The van der Waals surface area contributed by atoms with Crippen molar-refractivity contribution in [2.24, 2.45) is 5.92 Å². The number of nitrogens with one attached hydrogen (secondary N) is 3. The van der Waals surface area contributed by atoms with Crippen molar-refractivity contribution >= 4 is 40.7 Å². The van der Waals surface area contributed by atoms with Gasteiger partial charge in [-0.15, -0.1) is 0 Å². The Morgan fingerprint density at radius 1 is 0.516 bits per heavy atom. The smallest absolute Gasteiger partial charge is 0.469 e. The van der Waals surface area contributed by atoms with Gasteiger partial charge in [0.1, 0.15) is 5.78 Å². The number of Topliss-reactive ketones (excluding diaryl/α,β-unsaturated/α-hetero) is 1. The third-order valence-corrected chi connectivity index (χ3v) is 3.96. The second-order valence-corrected chi connectivity index (χ2v) is 11.2. The van der Waals surface area contributed by atoms with E-state index in [2.05, 4.69) is 142 Å². The highest BCUT2D eigenvalue weighted by atomic mass is 16.7. The SMILES string of the molecule is CC.CC.CC.CC(C)=O.CC(C)C.CCC.CNC.CNC(=O)OC.CNC(C)=O.COC.COC(=O)OC.COC(C)=O.Cc1ccccc1.c1ccc2ccccc2c1. The summed E-state index contributed by atoms with van der Waals surface area (Å²) < 4.78 is 20.6. The minimum Gasteiger partial charge on any atom is -0.469 e. The first-order valence-electron chi connectivity index (χ1n) is 20.7. The maximum absolute atomic E-state index is 9.85. The molecule has 0 aliphatic carbocycles. The molecular weight excluding hydrogens is 791 g/mol. The monoisotopic (exact) mass is 888 g/mol. The number of carbonyl (C=O) groups is 5. The molecule has 0 atom stereocenters. The average Bonchev–Trinajstić information content (AvgIpc) is 3.27. The molecule has 3 aromatic carbocycles. The van der Waals surface area contributed by atoms with Crippen LogP contribution in [0.3, 0.4) is 0 Å². The van der Waals surface area contributed by atoms with E-state index in [4.69, 9.17) is 0 Å². The van der Waals surface area contributed by atoms with Gasteiger partial charge in [-0.05, 0) is 51.6 Å². The first-order valence-corrected chi connectivity index (χ1v) is 20.7. The van der Waals surface area contributed by atoms with E-state index in [1.54, 1.807) is 21.3 Å². The molecule has 0 bridgehead atoms. The molecule has 0 saturated carbocycles. The zero-order valence-electron chi connectivity index (χ0n) is 44.4. The average molecular weight is 888 g/mol. The molecule has 0 aliphatic heterocycles. The summed E-state index contributed by atoms with van der Waals surface area (Å²) in [5.74, 6) is 0.759. The summed E-state index contributed by atoms with van der Waals surface area (Å²) >= 11 is 0. The van der Waals surface area contributed by atoms with Crippen molar-refractivity contribution < 1.29 is 47.7 Å². The fourth-order valence-electron chi connectivity index (χ4n) is 1.85. The number of benzene rings is 3. The molecule has 62 heavy (non-hydrogen) atoms. The van der Waals surface area contributed by atoms with E-state index in [0.717, 1.165) is 5.92 Å². The van der Waals surface area contributed by atoms with Gasteiger partial charge in [0.05, 0.1) is 28.4 Å². The lowest BCUT2D eigenvalue weighted by Gasteiger charge is -1.92. The molecule has 0 saturated heterocycles. The zero-order chi connectivity index (χ0) is 51.8. The lowest BCUT2D eigenvalue weighted by atomic mass is 10.1. The van der Waals surface area contributed by atoms with E-state index in [0.29, 0.717) is 0 Å². The number of ketones is 1. The Labute approximate surface area is 381 Å². The van der Waals surface area contributed by atoms with Crippen molar-refractivity contribution in [2.75, 3.05) is 70.8 Å². The fourth-order valence-corrected chi connectivity index (χ4v) is 1.85. The van der Waals surface area contributed by atoms with Gasteiger partial charge >= 0.3 is 18.2 Å². The highest BCUT2D eigenvalue weighted by molar-refractivity contribution is 5.82. The third-order valence-electron chi connectivity index (χ3n) is 3.96. The Bertz CT molecular complexity index is 1130. The maximum atomic E-state index is 9.85. The summed E-state index contributed by atoms with van der Waals surface area (Å²) in [7, 11) is 15.3. The Morgan fingerprint density at radius 2 is 0.726 bits per heavy atom. The first kappa shape index (κ1) is 84.5. The second-order valence-electron chi connectivity index (χ2n) is 11.2. The van der Waals surface area contributed by atoms with Crippen LogP contribution in [0.1, 0.15) is 116 Å². The molecule has 13 nitrogen and oxygen atoms in total. The number of hydrogen-bond donors (Lipinski definition) is 3. The van der Waals surface area contributed by atoms with Gasteiger partial charge in [0.15, 0.2) is 0 Å². The van der Waals surface area contributed by atoms with Gasteiger partial charge in [0, 0.05) is 42.2 Å². The van der Waals surface area contributed by atoms with E-state index in [1.807, 2.05) is 73.8 Å². The van der Waals surface area contributed by atoms with Gasteiger partial charge in [-0.1, -0.05) is 167 Å². The zero-order valence-corrected chi connectivity index (χ0v) is 44.4. The van der Waals surface area contributed by atoms with Gasteiger partial charge < -0.3 is 44.4 Å². The predicted molar refractivity (Wildman–Crippen MR) is 268 cm³/mol. The van der Waals surface area contributed by atoms with E-state index in [1.165, 1.54) is 85.9 Å². The van der Waals surface area contributed by atoms with Crippen molar-refractivity contribution in [2.45, 2.75) is 117 Å². The summed E-state index contributed by atoms with van der Waals surface area (Å²) in [5, 5.41) is 10.0. The number of amides is 2. The Hall–Kier alpha value is -5.01. The molecule has 0 fully saturated rings. The van der Waals surface area contributed by atoms with Crippen LogP contribution in [-0.4, -0.2) is 101 Å². The van der Waals surface area contributed by atoms with Crippen LogP contribution in [0.15, 0.2) is 78.9 Å². The van der Waals surface area contributed by atoms with Gasteiger partial charge in [0.25, 0.3) is 0 Å². The highest BCUT2D eigenvalue weighted by Gasteiger charge is 1.89. The molecule has 3 rings (SSSR count). The molecular formula is C49H97N3O10. The summed E-state index contributed by atoms with van der Waals surface area (Å²) in [4.78, 5) is 48.3. The number of esters is 1. The van der Waals surface area contributed by atoms with E-state index >= 15 is 0 Å². The molecule has 0 unspecified atom stereocenters. The molecule has 3 aromatic rings. The number of fused-ring (bicyclic) bond motifs is 1. The summed E-state index contributed by atoms with van der Waals surface area (Å²) in [5.41, 5.74) is 1.32. The lowest BCUT2D eigenvalue weighted by Crippen LogP contribution is -2.16. The van der Waals surface area contributed by atoms with Crippen molar-refractivity contribution in [1.29, 1.82) is 0 Å². The van der Waals surface area contributed by atoms with Crippen LogP contribution in [0.4, 0.5) is 9.59 Å². The number of rotatable bonds is 0. The number of hydrogen-bond acceptors (Lipinski definition) is 11. The number of methoxy groups -OCH3 is 5. The number of alkyl carbamates (subject to hydrolysis) is 1. The van der Waals surface area contributed by atoms with Crippen molar-refractivity contribution in [3.63, 3.8) is 0 Å². The van der Waals surface area contributed by atoms with Crippen LogP contribution in [0, 0.1) is 12.8 Å². The van der Waals surface area contributed by atoms with Crippen LogP contribution in [-0.2, 0) is 38.1 Å². The molecule has 0 spiro atoms. The Kier molecular flexibility index (Phi) is 119. The molecule has 0 aliphatic rings. The fraction of sp³-hybridized carbons (Fsp3) is 0.571. The standard InChI is InChI=1S/C10H8.C7H8.C4H10.C3H7NO2.C3H7NO.C3H6O3.C3H6O2.C3H6O.C3H8.C2H7N.C2H6O.3C2H6/c1-2-6-10-8-4-3-7-9(10)5-1;1-7-5-3-2-4-6-7;1-4(2)3;1-4-3(5)6-2;1-3(5)4-2;1-5-3(4)6-2;1-3(4)5-2;1-3(2)4;3*1-3-2;3*1-2/h1-8H;2-6H,1H3;4H,1-3H3;1-2H3,(H,4,5);1-2H3,(H,4,5);1-2H3;1-2H3;1-2H3;3H2,1-2H3;3H,1-2H3;1-2H3;3*1-2H3. The van der Waals surface area contributed by atoms with Gasteiger partial charge in [-0.2, -0.15) is 0 Å². The van der Waals surface area contributed by atoms with Crippen LogP contribution in [0.5, 0.6) is 0 Å². The number of ether oxygens (including phenoxy) is 5. The second kappa shape index (κ2) is 87.5. The maximum Gasteiger partial charge on any atom is 0.507 e. The minimum atomic E-state index is -0.657. The van der Waals surface area contributed by atoms with Crippen molar-refractivity contribution in [3.05, 3.63) is 84.4 Å². The van der Waals surface area contributed by atoms with Gasteiger partial charge in [0.2, 0.25) is 5.91 Å².